The molecule has 1 aromatic carbocycles. The minimum Gasteiger partial charge on any atom is -0.297 e. The molecule has 1 heterocycles. The number of nitrogens with zero attached hydrogens (tertiary/aromatic N) is 2. The first-order valence-electron chi connectivity index (χ1n) is 5.96. The normalized spacial score (nSPS) is 26.9. The van der Waals surface area contributed by atoms with Gasteiger partial charge in [-0.1, -0.05) is 24.3 Å². The third-order valence-corrected chi connectivity index (χ3v) is 4.06. The van der Waals surface area contributed by atoms with Crippen LogP contribution >= 0.6 is 0 Å². The number of fused-ring (bicyclic) bond motifs is 1. The average Bonchev–Trinajstić information content (AvgIpc) is 3.10. The largest absolute Gasteiger partial charge is 0.297 e. The fourth-order valence-corrected chi connectivity index (χ4v) is 2.99. The first-order chi connectivity index (χ1) is 7.77. The summed E-state index contributed by atoms with van der Waals surface area (Å²) in [5.74, 6) is 0. The molecule has 1 aromatic rings. The maximum Gasteiger partial charge on any atom is 0.0771 e. The topological polar surface area (TPSA) is 27.0 Å². The van der Waals surface area contributed by atoms with E-state index in [0.717, 1.165) is 25.8 Å². The summed E-state index contributed by atoms with van der Waals surface area (Å²) in [5, 5.41) is 9.38. The summed E-state index contributed by atoms with van der Waals surface area (Å²) in [6.07, 6.45) is 3.24. The molecule has 0 aromatic heterocycles. The van der Waals surface area contributed by atoms with Gasteiger partial charge in [-0.2, -0.15) is 5.26 Å². The molecular formula is C14H16N2. The van der Waals surface area contributed by atoms with E-state index < -0.39 is 0 Å². The number of nitriles is 1. The van der Waals surface area contributed by atoms with Crippen LogP contribution in [0.2, 0.25) is 0 Å². The van der Waals surface area contributed by atoms with Crippen LogP contribution in [-0.2, 0) is 6.42 Å². The molecule has 1 aliphatic carbocycles. The van der Waals surface area contributed by atoms with Crippen LogP contribution in [0, 0.1) is 16.7 Å². The Balaban J connectivity index is 2.08. The fourth-order valence-electron chi connectivity index (χ4n) is 2.99. The van der Waals surface area contributed by atoms with Crippen molar-refractivity contribution in [3.63, 3.8) is 0 Å². The van der Waals surface area contributed by atoms with Gasteiger partial charge in [-0.05, 0) is 37.4 Å². The highest BCUT2D eigenvalue weighted by atomic mass is 15.2. The summed E-state index contributed by atoms with van der Waals surface area (Å²) in [6, 6.07) is 11.5. The van der Waals surface area contributed by atoms with Gasteiger partial charge in [-0.3, -0.25) is 4.90 Å². The molecule has 2 heteroatoms. The van der Waals surface area contributed by atoms with Gasteiger partial charge in [0.2, 0.25) is 0 Å². The molecule has 2 aliphatic rings. The summed E-state index contributed by atoms with van der Waals surface area (Å²) < 4.78 is 0. The maximum absolute atomic E-state index is 9.38. The summed E-state index contributed by atoms with van der Waals surface area (Å²) in [4.78, 5) is 2.36. The van der Waals surface area contributed by atoms with Crippen LogP contribution < -0.4 is 0 Å². The van der Waals surface area contributed by atoms with E-state index in [1.54, 1.807) is 0 Å². The maximum atomic E-state index is 9.38. The molecule has 1 atom stereocenters. The molecule has 0 radical (unpaired) electrons. The van der Waals surface area contributed by atoms with E-state index in [1.807, 2.05) is 0 Å². The standard InChI is InChI=1S/C14H16N2/c1-16-9-6-11-4-2-3-5-12(11)13(16)14(10-15)7-8-14/h2-5,13H,6-9H2,1H3. The molecule has 1 fully saturated rings. The van der Waals surface area contributed by atoms with Gasteiger partial charge in [0.1, 0.15) is 0 Å². The zero-order valence-corrected chi connectivity index (χ0v) is 9.61. The van der Waals surface area contributed by atoms with Crippen molar-refractivity contribution >= 4 is 0 Å². The molecule has 82 valence electrons. The summed E-state index contributed by atoms with van der Waals surface area (Å²) in [7, 11) is 2.15. The average molecular weight is 212 g/mol. The van der Waals surface area contributed by atoms with Gasteiger partial charge < -0.3 is 0 Å². The first-order valence-corrected chi connectivity index (χ1v) is 5.96. The highest BCUT2D eigenvalue weighted by Crippen LogP contribution is 2.57. The number of likely N-dealkylation sites (N-methyl/N-ethyl adjacent to an activating group) is 1. The van der Waals surface area contributed by atoms with E-state index >= 15 is 0 Å². The number of rotatable bonds is 1. The van der Waals surface area contributed by atoms with Crippen molar-refractivity contribution in [2.45, 2.75) is 25.3 Å². The lowest BCUT2D eigenvalue weighted by molar-refractivity contribution is 0.178. The van der Waals surface area contributed by atoms with Crippen LogP contribution in [0.1, 0.15) is 30.0 Å². The summed E-state index contributed by atoms with van der Waals surface area (Å²) >= 11 is 0. The lowest BCUT2D eigenvalue weighted by Gasteiger charge is -2.37. The molecule has 0 amide bonds. The van der Waals surface area contributed by atoms with Crippen molar-refractivity contribution in [1.82, 2.24) is 4.90 Å². The van der Waals surface area contributed by atoms with Gasteiger partial charge in [-0.15, -0.1) is 0 Å². The van der Waals surface area contributed by atoms with Crippen molar-refractivity contribution in [2.75, 3.05) is 13.6 Å². The predicted octanol–water partition coefficient (Wildman–Crippen LogP) is 2.52. The minimum atomic E-state index is -0.0920. The molecular weight excluding hydrogens is 196 g/mol. The van der Waals surface area contributed by atoms with Gasteiger partial charge >= 0.3 is 0 Å². The highest BCUT2D eigenvalue weighted by Gasteiger charge is 2.53. The highest BCUT2D eigenvalue weighted by molar-refractivity contribution is 5.37. The Hall–Kier alpha value is -1.33. The number of benzene rings is 1. The van der Waals surface area contributed by atoms with E-state index in [1.165, 1.54) is 11.1 Å². The van der Waals surface area contributed by atoms with Crippen LogP contribution in [0.4, 0.5) is 0 Å². The third-order valence-electron chi connectivity index (χ3n) is 4.06. The molecule has 2 nitrogen and oxygen atoms in total. The Morgan fingerprint density at radius 2 is 2.12 bits per heavy atom. The second-order valence-corrected chi connectivity index (χ2v) is 5.10. The Bertz CT molecular complexity index is 454. The first kappa shape index (κ1) is 9.86. The smallest absolute Gasteiger partial charge is 0.0771 e. The summed E-state index contributed by atoms with van der Waals surface area (Å²) in [5.41, 5.74) is 2.73. The van der Waals surface area contributed by atoms with Crippen molar-refractivity contribution < 1.29 is 0 Å². The Kier molecular flexibility index (Phi) is 2.05. The van der Waals surface area contributed by atoms with Crippen LogP contribution in [0.5, 0.6) is 0 Å². The molecule has 1 aliphatic heterocycles. The van der Waals surface area contributed by atoms with Gasteiger partial charge in [-0.25, -0.2) is 0 Å². The van der Waals surface area contributed by atoms with Gasteiger partial charge in [0.25, 0.3) is 0 Å². The third kappa shape index (κ3) is 1.28. The van der Waals surface area contributed by atoms with Crippen LogP contribution in [0.3, 0.4) is 0 Å². The van der Waals surface area contributed by atoms with E-state index in [0.29, 0.717) is 6.04 Å². The molecule has 1 saturated carbocycles. The Morgan fingerprint density at radius 3 is 2.81 bits per heavy atom. The van der Waals surface area contributed by atoms with Crippen molar-refractivity contribution in [1.29, 1.82) is 5.26 Å². The molecule has 0 spiro atoms. The van der Waals surface area contributed by atoms with Crippen molar-refractivity contribution in [3.05, 3.63) is 35.4 Å². The minimum absolute atomic E-state index is 0.0920. The van der Waals surface area contributed by atoms with Crippen LogP contribution in [0.25, 0.3) is 0 Å². The van der Waals surface area contributed by atoms with E-state index in [4.69, 9.17) is 0 Å². The van der Waals surface area contributed by atoms with Gasteiger partial charge in [0, 0.05) is 6.54 Å². The molecule has 1 unspecified atom stereocenters. The second-order valence-electron chi connectivity index (χ2n) is 5.10. The van der Waals surface area contributed by atoms with Gasteiger partial charge in [0.15, 0.2) is 0 Å². The van der Waals surface area contributed by atoms with Crippen molar-refractivity contribution in [3.8, 4) is 6.07 Å². The molecule has 0 N–H and O–H groups in total. The Labute approximate surface area is 96.5 Å². The fraction of sp³-hybridized carbons (Fsp3) is 0.500. The zero-order chi connectivity index (χ0) is 11.2. The van der Waals surface area contributed by atoms with E-state index in [9.17, 15) is 5.26 Å². The quantitative estimate of drug-likeness (QED) is 0.715. The molecule has 0 saturated heterocycles. The second kappa shape index (κ2) is 3.33. The predicted molar refractivity (Wildman–Crippen MR) is 62.8 cm³/mol. The van der Waals surface area contributed by atoms with Crippen LogP contribution in [-0.4, -0.2) is 18.5 Å². The SMILES string of the molecule is CN1CCc2ccccc2C1C1(C#N)CC1. The monoisotopic (exact) mass is 212 g/mol. The number of hydrogen-bond donors (Lipinski definition) is 0. The molecule has 16 heavy (non-hydrogen) atoms. The van der Waals surface area contributed by atoms with Crippen LogP contribution in [0.15, 0.2) is 24.3 Å². The zero-order valence-electron chi connectivity index (χ0n) is 9.61. The Morgan fingerprint density at radius 1 is 1.38 bits per heavy atom. The lowest BCUT2D eigenvalue weighted by Crippen LogP contribution is -2.37. The van der Waals surface area contributed by atoms with E-state index in [-0.39, 0.29) is 5.41 Å². The molecule has 3 rings (SSSR count). The lowest BCUT2D eigenvalue weighted by atomic mass is 9.83. The summed E-state index contributed by atoms with van der Waals surface area (Å²) in [6.45, 7) is 1.07. The van der Waals surface area contributed by atoms with Gasteiger partial charge in [0.05, 0.1) is 17.5 Å². The number of hydrogen-bond acceptors (Lipinski definition) is 2. The van der Waals surface area contributed by atoms with E-state index in [2.05, 4.69) is 42.3 Å². The van der Waals surface area contributed by atoms with Crippen molar-refractivity contribution in [2.24, 2.45) is 5.41 Å². The molecule has 0 bridgehead atoms.